The van der Waals surface area contributed by atoms with E-state index in [1.165, 1.54) is 24.3 Å². The molecule has 0 aliphatic heterocycles. The first-order valence-corrected chi connectivity index (χ1v) is 7.77. The van der Waals surface area contributed by atoms with Gasteiger partial charge in [0.2, 0.25) is 0 Å². The molecule has 0 heterocycles. The second-order valence-electron chi connectivity index (χ2n) is 4.33. The van der Waals surface area contributed by atoms with Crippen LogP contribution < -0.4 is 9.83 Å². The topological polar surface area (TPSA) is 86.3 Å². The van der Waals surface area contributed by atoms with Gasteiger partial charge in [-0.05, 0) is 42.3 Å². The normalized spacial score (nSPS) is 11.1. The van der Waals surface area contributed by atoms with Crippen molar-refractivity contribution in [1.29, 1.82) is 0 Å². The summed E-state index contributed by atoms with van der Waals surface area (Å²) < 4.78 is 26.9. The Kier molecular flexibility index (Phi) is 4.20. The molecule has 0 bridgehead atoms. The van der Waals surface area contributed by atoms with E-state index >= 15 is 0 Å². The molecule has 0 unspecified atom stereocenters. The van der Waals surface area contributed by atoms with Crippen molar-refractivity contribution in [1.82, 2.24) is 0 Å². The third-order valence-corrected chi connectivity index (χ3v) is 4.70. The van der Waals surface area contributed by atoms with E-state index in [9.17, 15) is 18.3 Å². The summed E-state index contributed by atoms with van der Waals surface area (Å²) in [6, 6.07) is 9.63. The predicted molar refractivity (Wildman–Crippen MR) is 77.8 cm³/mol. The van der Waals surface area contributed by atoms with Crippen LogP contribution in [0.25, 0.3) is 0 Å². The molecule has 2 aromatic carbocycles. The summed E-state index contributed by atoms with van der Waals surface area (Å²) in [4.78, 5) is 10.6. The molecule has 5 nitrogen and oxygen atoms in total. The summed E-state index contributed by atoms with van der Waals surface area (Å²) in [5.74, 6) is -1.36. The number of hydrogen-bond acceptors (Lipinski definition) is 4. The van der Waals surface area contributed by atoms with Crippen molar-refractivity contribution in [2.75, 3.05) is 4.72 Å². The molecule has 0 saturated carbocycles. The number of nitrogens with one attached hydrogen (secondary N) is 1. The van der Waals surface area contributed by atoms with E-state index in [0.717, 1.165) is 0 Å². The van der Waals surface area contributed by atoms with Crippen molar-refractivity contribution in [3.05, 3.63) is 58.6 Å². The molecular formula is C14H11ClNO4S-. The summed E-state index contributed by atoms with van der Waals surface area (Å²) in [6.07, 6.45) is 0. The van der Waals surface area contributed by atoms with Crippen LogP contribution in [0.1, 0.15) is 15.9 Å². The van der Waals surface area contributed by atoms with Crippen LogP contribution in [0.5, 0.6) is 0 Å². The number of hydrogen-bond donors (Lipinski definition) is 1. The fraction of sp³-hybridized carbons (Fsp3) is 0.0714. The molecule has 2 rings (SSSR count). The van der Waals surface area contributed by atoms with Crippen molar-refractivity contribution in [3.63, 3.8) is 0 Å². The average molecular weight is 325 g/mol. The third kappa shape index (κ3) is 3.34. The first kappa shape index (κ1) is 15.3. The Hall–Kier alpha value is -2.05. The lowest BCUT2D eigenvalue weighted by molar-refractivity contribution is -0.255. The Morgan fingerprint density at radius 3 is 2.33 bits per heavy atom. The van der Waals surface area contributed by atoms with Crippen LogP contribution in [0.15, 0.2) is 47.4 Å². The number of aromatic carboxylic acids is 1. The van der Waals surface area contributed by atoms with E-state index in [4.69, 9.17) is 11.6 Å². The minimum absolute atomic E-state index is 0.0492. The minimum Gasteiger partial charge on any atom is -0.545 e. The summed E-state index contributed by atoms with van der Waals surface area (Å²) in [7, 11) is -3.82. The van der Waals surface area contributed by atoms with Crippen LogP contribution in [0.2, 0.25) is 5.02 Å². The maximum absolute atomic E-state index is 12.2. The number of carbonyl (C=O) groups excluding carboxylic acids is 1. The second kappa shape index (κ2) is 5.75. The van der Waals surface area contributed by atoms with Gasteiger partial charge in [-0.15, -0.1) is 0 Å². The van der Waals surface area contributed by atoms with Gasteiger partial charge in [-0.3, -0.25) is 4.72 Å². The number of rotatable bonds is 4. The number of carboxylic acid groups (broad SMARTS) is 1. The van der Waals surface area contributed by atoms with Crippen LogP contribution in [-0.2, 0) is 10.0 Å². The number of halogens is 1. The molecule has 0 radical (unpaired) electrons. The first-order chi connectivity index (χ1) is 9.81. The Balaban J connectivity index is 2.34. The number of anilines is 1. The van der Waals surface area contributed by atoms with Crippen molar-refractivity contribution in [2.45, 2.75) is 11.8 Å². The van der Waals surface area contributed by atoms with Gasteiger partial charge < -0.3 is 9.90 Å². The molecule has 7 heteroatoms. The average Bonchev–Trinajstić information content (AvgIpc) is 2.44. The zero-order chi connectivity index (χ0) is 15.6. The first-order valence-electron chi connectivity index (χ1n) is 5.90. The highest BCUT2D eigenvalue weighted by Crippen LogP contribution is 2.25. The minimum atomic E-state index is -3.82. The van der Waals surface area contributed by atoms with E-state index < -0.39 is 16.0 Å². The Morgan fingerprint density at radius 2 is 1.76 bits per heavy atom. The molecule has 21 heavy (non-hydrogen) atoms. The maximum atomic E-state index is 12.2. The van der Waals surface area contributed by atoms with Gasteiger partial charge in [0.05, 0.1) is 16.6 Å². The van der Waals surface area contributed by atoms with Gasteiger partial charge >= 0.3 is 0 Å². The molecule has 110 valence electrons. The zero-order valence-electron chi connectivity index (χ0n) is 11.0. The Morgan fingerprint density at radius 1 is 1.14 bits per heavy atom. The van der Waals surface area contributed by atoms with Gasteiger partial charge in [-0.2, -0.15) is 0 Å². The SMILES string of the molecule is Cc1c(Cl)cccc1NS(=O)(=O)c1ccc(C(=O)[O-])cc1. The zero-order valence-corrected chi connectivity index (χ0v) is 12.5. The lowest BCUT2D eigenvalue weighted by atomic mass is 10.2. The fourth-order valence-electron chi connectivity index (χ4n) is 1.69. The van der Waals surface area contributed by atoms with E-state index in [1.54, 1.807) is 25.1 Å². The van der Waals surface area contributed by atoms with Gasteiger partial charge in [-0.25, -0.2) is 8.42 Å². The van der Waals surface area contributed by atoms with E-state index in [1.807, 2.05) is 0 Å². The van der Waals surface area contributed by atoms with Gasteiger partial charge in [0.15, 0.2) is 0 Å². The van der Waals surface area contributed by atoms with Crippen molar-refractivity contribution < 1.29 is 18.3 Å². The summed E-state index contributed by atoms with van der Waals surface area (Å²) in [6.45, 7) is 1.69. The maximum Gasteiger partial charge on any atom is 0.261 e. The summed E-state index contributed by atoms with van der Waals surface area (Å²) in [5, 5.41) is 11.1. The number of benzene rings is 2. The van der Waals surface area contributed by atoms with Crippen LogP contribution in [-0.4, -0.2) is 14.4 Å². The van der Waals surface area contributed by atoms with Crippen LogP contribution in [0.3, 0.4) is 0 Å². The number of sulfonamides is 1. The summed E-state index contributed by atoms with van der Waals surface area (Å²) in [5.41, 5.74) is 0.883. The van der Waals surface area contributed by atoms with E-state index in [0.29, 0.717) is 16.3 Å². The molecule has 0 amide bonds. The predicted octanol–water partition coefficient (Wildman–Crippen LogP) is 1.81. The fourth-order valence-corrected chi connectivity index (χ4v) is 2.99. The second-order valence-corrected chi connectivity index (χ2v) is 6.42. The molecule has 0 spiro atoms. The Labute approximate surface area is 127 Å². The third-order valence-electron chi connectivity index (χ3n) is 2.91. The van der Waals surface area contributed by atoms with Gasteiger partial charge in [0.25, 0.3) is 10.0 Å². The standard InChI is InChI=1S/C14H12ClNO4S/c1-9-12(15)3-2-4-13(9)16-21(19,20)11-7-5-10(6-8-11)14(17)18/h2-8,16H,1H3,(H,17,18)/p-1. The van der Waals surface area contributed by atoms with Crippen molar-refractivity contribution in [2.24, 2.45) is 0 Å². The molecule has 0 aliphatic rings. The van der Waals surface area contributed by atoms with Crippen molar-refractivity contribution >= 4 is 33.3 Å². The molecule has 0 fully saturated rings. The van der Waals surface area contributed by atoms with E-state index in [-0.39, 0.29) is 10.5 Å². The Bertz CT molecular complexity index is 785. The molecular weight excluding hydrogens is 314 g/mol. The quantitative estimate of drug-likeness (QED) is 0.929. The lowest BCUT2D eigenvalue weighted by Crippen LogP contribution is -2.22. The molecule has 0 saturated heterocycles. The van der Waals surface area contributed by atoms with Crippen molar-refractivity contribution in [3.8, 4) is 0 Å². The highest BCUT2D eigenvalue weighted by Gasteiger charge is 2.15. The number of carbonyl (C=O) groups is 1. The van der Waals surface area contributed by atoms with Crippen LogP contribution >= 0.6 is 11.6 Å². The molecule has 0 aliphatic carbocycles. The van der Waals surface area contributed by atoms with Gasteiger partial charge in [0, 0.05) is 5.02 Å². The molecule has 0 aromatic heterocycles. The largest absolute Gasteiger partial charge is 0.545 e. The number of carboxylic acids is 1. The van der Waals surface area contributed by atoms with Gasteiger partial charge in [-0.1, -0.05) is 29.8 Å². The van der Waals surface area contributed by atoms with E-state index in [2.05, 4.69) is 4.72 Å². The monoisotopic (exact) mass is 324 g/mol. The molecule has 1 N–H and O–H groups in total. The smallest absolute Gasteiger partial charge is 0.261 e. The molecule has 0 atom stereocenters. The highest BCUT2D eigenvalue weighted by atomic mass is 35.5. The van der Waals surface area contributed by atoms with Crippen LogP contribution in [0, 0.1) is 6.92 Å². The highest BCUT2D eigenvalue weighted by molar-refractivity contribution is 7.92. The van der Waals surface area contributed by atoms with Gasteiger partial charge in [0.1, 0.15) is 0 Å². The lowest BCUT2D eigenvalue weighted by Gasteiger charge is -2.12. The van der Waals surface area contributed by atoms with Crippen LogP contribution in [0.4, 0.5) is 5.69 Å². The molecule has 2 aromatic rings. The summed E-state index contributed by atoms with van der Waals surface area (Å²) >= 11 is 5.94.